The number of aromatic nitrogens is 2. The third-order valence-corrected chi connectivity index (χ3v) is 4.42. The van der Waals surface area contributed by atoms with E-state index in [2.05, 4.69) is 29.1 Å². The molecule has 0 spiro atoms. The minimum atomic E-state index is -0.405. The van der Waals surface area contributed by atoms with Crippen LogP contribution in [0.15, 0.2) is 24.3 Å². The molecule has 6 nitrogen and oxygen atoms in total. The highest BCUT2D eigenvalue weighted by Gasteiger charge is 2.31. The van der Waals surface area contributed by atoms with Crippen molar-refractivity contribution < 1.29 is 9.53 Å². The summed E-state index contributed by atoms with van der Waals surface area (Å²) in [4.78, 5) is 20.5. The van der Waals surface area contributed by atoms with Gasteiger partial charge in [0.2, 0.25) is 5.91 Å². The summed E-state index contributed by atoms with van der Waals surface area (Å²) in [6.07, 6.45) is 1.97. The normalized spacial score (nSPS) is 20.5. The Balaban J connectivity index is 0.00000169. The van der Waals surface area contributed by atoms with Crippen LogP contribution in [0.5, 0.6) is 0 Å². The van der Waals surface area contributed by atoms with Crippen LogP contribution in [0.3, 0.4) is 0 Å². The highest BCUT2D eigenvalue weighted by molar-refractivity contribution is 5.85. The van der Waals surface area contributed by atoms with E-state index in [-0.39, 0.29) is 42.9 Å². The van der Waals surface area contributed by atoms with Gasteiger partial charge in [0.25, 0.3) is 0 Å². The van der Waals surface area contributed by atoms with Crippen LogP contribution in [0, 0.1) is 5.92 Å². The van der Waals surface area contributed by atoms with Gasteiger partial charge >= 0.3 is 0 Å². The largest absolute Gasteiger partial charge is 0.364 e. The van der Waals surface area contributed by atoms with Gasteiger partial charge < -0.3 is 20.8 Å². The first-order valence-corrected chi connectivity index (χ1v) is 8.67. The third kappa shape index (κ3) is 5.33. The molecule has 0 bridgehead atoms. The van der Waals surface area contributed by atoms with Gasteiger partial charge in [0, 0.05) is 6.54 Å². The second-order valence-electron chi connectivity index (χ2n) is 6.89. The fraction of sp³-hybridized carbons (Fsp3) is 0.556. The van der Waals surface area contributed by atoms with Gasteiger partial charge in [-0.1, -0.05) is 26.0 Å². The number of benzene rings is 1. The Morgan fingerprint density at radius 1 is 1.35 bits per heavy atom. The minimum Gasteiger partial charge on any atom is -0.364 e. The van der Waals surface area contributed by atoms with Gasteiger partial charge in [-0.05, 0) is 37.3 Å². The number of nitrogens with two attached hydrogens (primary N) is 1. The number of H-pyrrole nitrogens is 1. The van der Waals surface area contributed by atoms with E-state index in [1.807, 2.05) is 24.3 Å². The average Bonchev–Trinajstić information content (AvgIpc) is 3.20. The molecule has 146 valence electrons. The average molecular weight is 403 g/mol. The summed E-state index contributed by atoms with van der Waals surface area (Å²) >= 11 is 0. The van der Waals surface area contributed by atoms with E-state index < -0.39 is 6.10 Å². The molecule has 1 aliphatic heterocycles. The smallest absolute Gasteiger partial charge is 0.249 e. The number of nitrogens with zero attached hydrogens (tertiary/aromatic N) is 1. The number of amides is 1. The molecular formula is C18H28Cl2N4O2. The molecule has 1 aliphatic rings. The van der Waals surface area contributed by atoms with Gasteiger partial charge in [0.1, 0.15) is 11.9 Å². The summed E-state index contributed by atoms with van der Waals surface area (Å²) in [5.74, 6) is 1.16. The van der Waals surface area contributed by atoms with Crippen LogP contribution in [0.25, 0.3) is 11.0 Å². The van der Waals surface area contributed by atoms with Gasteiger partial charge in [-0.15, -0.1) is 24.8 Å². The van der Waals surface area contributed by atoms with Gasteiger partial charge in [0.15, 0.2) is 0 Å². The maximum atomic E-state index is 12.6. The monoisotopic (exact) mass is 402 g/mol. The summed E-state index contributed by atoms with van der Waals surface area (Å²) in [5, 5.41) is 3.11. The number of hydrogen-bond donors (Lipinski definition) is 3. The lowest BCUT2D eigenvalue weighted by molar-refractivity contribution is -0.132. The zero-order valence-corrected chi connectivity index (χ0v) is 16.7. The highest BCUT2D eigenvalue weighted by Crippen LogP contribution is 2.24. The number of rotatable bonds is 6. The fourth-order valence-corrected chi connectivity index (χ4v) is 3.18. The van der Waals surface area contributed by atoms with Gasteiger partial charge in [-0.25, -0.2) is 4.98 Å². The number of para-hydroxylation sites is 2. The Hall–Kier alpha value is -1.34. The zero-order valence-electron chi connectivity index (χ0n) is 15.1. The molecule has 1 fully saturated rings. The second kappa shape index (κ2) is 10.1. The maximum Gasteiger partial charge on any atom is 0.249 e. The quantitative estimate of drug-likeness (QED) is 0.691. The molecule has 0 aliphatic carbocycles. The third-order valence-electron chi connectivity index (χ3n) is 4.42. The summed E-state index contributed by atoms with van der Waals surface area (Å²) < 4.78 is 5.71. The molecular weight excluding hydrogens is 375 g/mol. The molecule has 0 saturated carbocycles. The van der Waals surface area contributed by atoms with Gasteiger partial charge in [-0.3, -0.25) is 4.79 Å². The summed E-state index contributed by atoms with van der Waals surface area (Å²) in [5.41, 5.74) is 7.52. The van der Waals surface area contributed by atoms with Crippen molar-refractivity contribution >= 4 is 41.8 Å². The van der Waals surface area contributed by atoms with Crippen LogP contribution in [0.2, 0.25) is 0 Å². The van der Waals surface area contributed by atoms with E-state index in [1.54, 1.807) is 0 Å². The Morgan fingerprint density at radius 2 is 2.08 bits per heavy atom. The van der Waals surface area contributed by atoms with Crippen molar-refractivity contribution in [3.8, 4) is 0 Å². The number of carbonyl (C=O) groups excluding carboxylic acids is 1. The van der Waals surface area contributed by atoms with Crippen LogP contribution in [-0.2, 0) is 9.53 Å². The zero-order chi connectivity index (χ0) is 17.1. The molecule has 3 atom stereocenters. The molecule has 1 unspecified atom stereocenters. The Labute approximate surface area is 166 Å². The van der Waals surface area contributed by atoms with Crippen molar-refractivity contribution in [2.45, 2.75) is 51.4 Å². The number of halogens is 2. The molecule has 26 heavy (non-hydrogen) atoms. The van der Waals surface area contributed by atoms with E-state index >= 15 is 0 Å². The molecule has 1 saturated heterocycles. The number of aromatic amines is 1. The van der Waals surface area contributed by atoms with Crippen LogP contribution in [-0.4, -0.2) is 34.6 Å². The first-order valence-electron chi connectivity index (χ1n) is 8.67. The predicted octanol–water partition coefficient (Wildman–Crippen LogP) is 3.12. The van der Waals surface area contributed by atoms with Gasteiger partial charge in [0.05, 0.1) is 23.2 Å². The van der Waals surface area contributed by atoms with Crippen LogP contribution >= 0.6 is 24.8 Å². The van der Waals surface area contributed by atoms with E-state index in [1.165, 1.54) is 0 Å². The number of hydrogen-bond acceptors (Lipinski definition) is 4. The number of fused-ring (bicyclic) bond motifs is 1. The van der Waals surface area contributed by atoms with Crippen LogP contribution < -0.4 is 11.1 Å². The van der Waals surface area contributed by atoms with E-state index in [4.69, 9.17) is 10.5 Å². The summed E-state index contributed by atoms with van der Waals surface area (Å²) in [6.45, 7) is 4.74. The lowest BCUT2D eigenvalue weighted by atomic mass is 10.0. The second-order valence-corrected chi connectivity index (χ2v) is 6.89. The van der Waals surface area contributed by atoms with Crippen molar-refractivity contribution in [1.82, 2.24) is 15.3 Å². The van der Waals surface area contributed by atoms with Crippen molar-refractivity contribution in [1.29, 1.82) is 0 Å². The van der Waals surface area contributed by atoms with Crippen LogP contribution in [0.4, 0.5) is 0 Å². The molecule has 1 amide bonds. The lowest BCUT2D eigenvalue weighted by Gasteiger charge is -2.21. The topological polar surface area (TPSA) is 93.0 Å². The molecule has 2 aromatic rings. The lowest BCUT2D eigenvalue weighted by Crippen LogP contribution is -2.38. The minimum absolute atomic E-state index is 0. The van der Waals surface area contributed by atoms with Crippen molar-refractivity contribution in [2.24, 2.45) is 11.7 Å². The standard InChI is InChI=1S/C18H26N4O2.2ClH/c1-11(2)9-15(17-20-13-5-3-4-6-14(13)21-17)22-18(23)16-8-7-12(10-19)24-16;;/h3-6,11-12,15-16H,7-10,19H2,1-2H3,(H,20,21)(H,22,23);2*1H/t12-,15?,16+;;/m1../s1. The Bertz CT molecular complexity index is 674. The van der Waals surface area contributed by atoms with Crippen molar-refractivity contribution in [2.75, 3.05) is 6.54 Å². The molecule has 8 heteroatoms. The van der Waals surface area contributed by atoms with E-state index in [0.29, 0.717) is 12.5 Å². The van der Waals surface area contributed by atoms with E-state index in [0.717, 1.165) is 36.1 Å². The highest BCUT2D eigenvalue weighted by atomic mass is 35.5. The van der Waals surface area contributed by atoms with E-state index in [9.17, 15) is 4.79 Å². The number of imidazole rings is 1. The SMILES string of the molecule is CC(C)CC(NC(=O)[C@@H]1CC[C@H](CN)O1)c1nc2ccccc2[nH]1.Cl.Cl. The van der Waals surface area contributed by atoms with Crippen LogP contribution in [0.1, 0.15) is 45.0 Å². The summed E-state index contributed by atoms with van der Waals surface area (Å²) in [6, 6.07) is 7.74. The molecule has 1 aromatic heterocycles. The van der Waals surface area contributed by atoms with Gasteiger partial charge in [-0.2, -0.15) is 0 Å². The molecule has 3 rings (SSSR count). The molecule has 1 aromatic carbocycles. The first-order chi connectivity index (χ1) is 11.6. The predicted molar refractivity (Wildman–Crippen MR) is 108 cm³/mol. The number of nitrogens with one attached hydrogen (secondary N) is 2. The fourth-order valence-electron chi connectivity index (χ4n) is 3.18. The Kier molecular flexibility index (Phi) is 8.83. The molecule has 2 heterocycles. The summed E-state index contributed by atoms with van der Waals surface area (Å²) in [7, 11) is 0. The Morgan fingerprint density at radius 3 is 2.69 bits per heavy atom. The first kappa shape index (κ1) is 22.7. The molecule has 0 radical (unpaired) electrons. The maximum absolute atomic E-state index is 12.6. The van der Waals surface area contributed by atoms with Crippen molar-refractivity contribution in [3.63, 3.8) is 0 Å². The number of carbonyl (C=O) groups is 1. The molecule has 4 N–H and O–H groups in total. The number of ether oxygens (including phenoxy) is 1. The van der Waals surface area contributed by atoms with Crippen molar-refractivity contribution in [3.05, 3.63) is 30.1 Å².